The molecule has 0 N–H and O–H groups in total. The topological polar surface area (TPSA) is 37.4 Å². The van der Waals surface area contributed by atoms with Crippen LogP contribution in [0.4, 0.5) is 14.5 Å². The van der Waals surface area contributed by atoms with Gasteiger partial charge in [0.1, 0.15) is 11.6 Å². The number of hydrogen-bond acceptors (Lipinski definition) is 3. The molecule has 1 spiro atoms. The molecule has 8 heteroatoms. The molecule has 29 heavy (non-hydrogen) atoms. The van der Waals surface area contributed by atoms with Crippen molar-refractivity contribution in [2.75, 3.05) is 15.8 Å². The maximum absolute atomic E-state index is 15.5. The highest BCUT2D eigenvalue weighted by molar-refractivity contribution is 9.10. The van der Waals surface area contributed by atoms with Gasteiger partial charge in [0, 0.05) is 11.0 Å². The van der Waals surface area contributed by atoms with Crippen LogP contribution in [0.25, 0.3) is 0 Å². The zero-order chi connectivity index (χ0) is 20.4. The zero-order valence-corrected chi connectivity index (χ0v) is 18.8. The van der Waals surface area contributed by atoms with E-state index in [1.54, 1.807) is 12.1 Å². The van der Waals surface area contributed by atoms with Gasteiger partial charge < -0.3 is 0 Å². The number of benzene rings is 2. The van der Waals surface area contributed by atoms with Gasteiger partial charge in [0.15, 0.2) is 0 Å². The molecule has 1 saturated heterocycles. The van der Waals surface area contributed by atoms with Crippen LogP contribution >= 0.6 is 27.7 Å². The predicted octanol–water partition coefficient (Wildman–Crippen LogP) is 5.48. The standard InChI is InChI=1S/C21H20BrF2NO2S2/c22-16-7-8-17-18(19(16)24)21(9-11-28-12-10-21)20(13-1-2-13)25(17)29(26,27)15-5-3-14(23)4-6-15/h3-8,13,20H,1-2,9-12H2. The Morgan fingerprint density at radius 1 is 1.03 bits per heavy atom. The highest BCUT2D eigenvalue weighted by atomic mass is 79.9. The Kier molecular flexibility index (Phi) is 4.75. The van der Waals surface area contributed by atoms with E-state index >= 15 is 4.39 Å². The lowest BCUT2D eigenvalue weighted by atomic mass is 9.70. The van der Waals surface area contributed by atoms with Crippen LogP contribution in [0.1, 0.15) is 31.2 Å². The van der Waals surface area contributed by atoms with Gasteiger partial charge in [-0.1, -0.05) is 0 Å². The number of nitrogens with zero attached hydrogens (tertiary/aromatic N) is 1. The average molecular weight is 500 g/mol. The van der Waals surface area contributed by atoms with Crippen molar-refractivity contribution in [3.63, 3.8) is 0 Å². The first-order valence-electron chi connectivity index (χ1n) is 9.72. The first-order chi connectivity index (χ1) is 13.9. The van der Waals surface area contributed by atoms with Gasteiger partial charge in [0.05, 0.1) is 21.1 Å². The molecule has 1 saturated carbocycles. The molecule has 5 rings (SSSR count). The molecule has 3 nitrogen and oxygen atoms in total. The number of rotatable bonds is 3. The van der Waals surface area contributed by atoms with Crippen LogP contribution in [0.2, 0.25) is 0 Å². The SMILES string of the molecule is O=S(=O)(c1ccc(F)cc1)N1c2ccc(Br)c(F)c2C2(CCSCC2)C1C1CC1. The van der Waals surface area contributed by atoms with E-state index in [-0.39, 0.29) is 22.7 Å². The lowest BCUT2D eigenvalue weighted by molar-refractivity contribution is 0.306. The summed E-state index contributed by atoms with van der Waals surface area (Å²) < 4.78 is 58.2. The fourth-order valence-corrected chi connectivity index (χ4v) is 8.40. The van der Waals surface area contributed by atoms with Crippen LogP contribution in [0.3, 0.4) is 0 Å². The quantitative estimate of drug-likeness (QED) is 0.560. The first kappa shape index (κ1) is 19.8. The number of halogens is 3. The van der Waals surface area contributed by atoms with E-state index in [1.165, 1.54) is 16.4 Å². The van der Waals surface area contributed by atoms with Crippen LogP contribution in [-0.4, -0.2) is 26.0 Å². The minimum absolute atomic E-state index is 0.0426. The molecule has 1 atom stereocenters. The van der Waals surface area contributed by atoms with E-state index in [1.807, 2.05) is 11.8 Å². The Labute approximate surface area is 182 Å². The van der Waals surface area contributed by atoms with E-state index in [9.17, 15) is 12.8 Å². The average Bonchev–Trinajstić information content (AvgIpc) is 3.50. The highest BCUT2D eigenvalue weighted by Crippen LogP contribution is 2.60. The largest absolute Gasteiger partial charge is 0.264 e. The Morgan fingerprint density at radius 3 is 2.31 bits per heavy atom. The lowest BCUT2D eigenvalue weighted by Crippen LogP contribution is -2.50. The second kappa shape index (κ2) is 6.95. The summed E-state index contributed by atoms with van der Waals surface area (Å²) in [6, 6.07) is 7.92. The molecule has 0 amide bonds. The Bertz CT molecular complexity index is 1060. The molecule has 0 aromatic heterocycles. The summed E-state index contributed by atoms with van der Waals surface area (Å²) in [4.78, 5) is 0.0426. The molecule has 1 aliphatic carbocycles. The molecule has 3 aliphatic rings. The smallest absolute Gasteiger partial charge is 0.262 e. The summed E-state index contributed by atoms with van der Waals surface area (Å²) in [5.74, 6) is 1.16. The summed E-state index contributed by atoms with van der Waals surface area (Å²) in [6.45, 7) is 0. The molecule has 2 heterocycles. The summed E-state index contributed by atoms with van der Waals surface area (Å²) in [6.07, 6.45) is 3.42. The van der Waals surface area contributed by atoms with Gasteiger partial charge in [-0.15, -0.1) is 0 Å². The summed E-state index contributed by atoms with van der Waals surface area (Å²) >= 11 is 5.14. The molecule has 0 bridgehead atoms. The van der Waals surface area contributed by atoms with E-state index in [0.717, 1.165) is 49.3 Å². The van der Waals surface area contributed by atoms with Crippen LogP contribution < -0.4 is 4.31 Å². The van der Waals surface area contributed by atoms with Crippen molar-refractivity contribution in [3.05, 3.63) is 58.1 Å². The van der Waals surface area contributed by atoms with Crippen LogP contribution in [0.15, 0.2) is 45.8 Å². The van der Waals surface area contributed by atoms with Crippen molar-refractivity contribution >= 4 is 43.4 Å². The Morgan fingerprint density at radius 2 is 1.69 bits per heavy atom. The van der Waals surface area contributed by atoms with E-state index < -0.39 is 21.3 Å². The van der Waals surface area contributed by atoms with Crippen molar-refractivity contribution in [1.82, 2.24) is 0 Å². The molecular formula is C21H20BrF2NO2S2. The fraction of sp³-hybridized carbons (Fsp3) is 0.429. The van der Waals surface area contributed by atoms with Gasteiger partial charge in [0.25, 0.3) is 10.0 Å². The zero-order valence-electron chi connectivity index (χ0n) is 15.6. The molecule has 1 unspecified atom stereocenters. The molecule has 2 aromatic rings. The minimum atomic E-state index is -3.95. The number of thioether (sulfide) groups is 1. The van der Waals surface area contributed by atoms with Crippen LogP contribution in [0.5, 0.6) is 0 Å². The molecule has 2 aliphatic heterocycles. The van der Waals surface area contributed by atoms with Crippen molar-refractivity contribution in [2.45, 2.75) is 42.0 Å². The first-order valence-corrected chi connectivity index (χ1v) is 13.1. The normalized spacial score (nSPS) is 23.4. The number of anilines is 1. The maximum atomic E-state index is 15.5. The Hall–Kier alpha value is -1.12. The third-order valence-electron chi connectivity index (χ3n) is 6.45. The van der Waals surface area contributed by atoms with Gasteiger partial charge in [-0.2, -0.15) is 11.8 Å². The number of fused-ring (bicyclic) bond motifs is 2. The second-order valence-corrected chi connectivity index (χ2v) is 12.0. The summed E-state index contributed by atoms with van der Waals surface area (Å²) in [5, 5.41) is 0. The van der Waals surface area contributed by atoms with E-state index in [2.05, 4.69) is 15.9 Å². The highest BCUT2D eigenvalue weighted by Gasteiger charge is 2.60. The van der Waals surface area contributed by atoms with Gasteiger partial charge in [-0.3, -0.25) is 4.31 Å². The van der Waals surface area contributed by atoms with Gasteiger partial charge >= 0.3 is 0 Å². The summed E-state index contributed by atoms with van der Waals surface area (Å²) in [5.41, 5.74) is 0.469. The fourth-order valence-electron chi connectivity index (χ4n) is 5.06. The maximum Gasteiger partial charge on any atom is 0.264 e. The molecular weight excluding hydrogens is 480 g/mol. The predicted molar refractivity (Wildman–Crippen MR) is 115 cm³/mol. The molecule has 2 aromatic carbocycles. The van der Waals surface area contributed by atoms with Crippen molar-refractivity contribution in [3.8, 4) is 0 Å². The van der Waals surface area contributed by atoms with Crippen molar-refractivity contribution in [2.24, 2.45) is 5.92 Å². The van der Waals surface area contributed by atoms with E-state index in [0.29, 0.717) is 15.7 Å². The molecule has 0 radical (unpaired) electrons. The molecule has 154 valence electrons. The summed E-state index contributed by atoms with van der Waals surface area (Å²) in [7, 11) is -3.95. The third-order valence-corrected chi connectivity index (χ3v) is 9.86. The van der Waals surface area contributed by atoms with Crippen molar-refractivity contribution in [1.29, 1.82) is 0 Å². The Balaban J connectivity index is 1.75. The van der Waals surface area contributed by atoms with Gasteiger partial charge in [0.2, 0.25) is 0 Å². The van der Waals surface area contributed by atoms with Crippen LogP contribution in [-0.2, 0) is 15.4 Å². The minimum Gasteiger partial charge on any atom is -0.262 e. The third kappa shape index (κ3) is 2.97. The van der Waals surface area contributed by atoms with Crippen molar-refractivity contribution < 1.29 is 17.2 Å². The second-order valence-electron chi connectivity index (χ2n) is 8.06. The van der Waals surface area contributed by atoms with E-state index in [4.69, 9.17) is 0 Å². The number of sulfonamides is 1. The molecule has 2 fully saturated rings. The van der Waals surface area contributed by atoms with Crippen LogP contribution in [0, 0.1) is 17.6 Å². The van der Waals surface area contributed by atoms with Gasteiger partial charge in [-0.05, 0) is 95.4 Å². The monoisotopic (exact) mass is 499 g/mol. The lowest BCUT2D eigenvalue weighted by Gasteiger charge is -2.41. The van der Waals surface area contributed by atoms with Gasteiger partial charge in [-0.25, -0.2) is 17.2 Å². The number of hydrogen-bond donors (Lipinski definition) is 0.